The molecule has 1 aromatic carbocycles. The van der Waals surface area contributed by atoms with Crippen LogP contribution in [0.2, 0.25) is 5.02 Å². The Bertz CT molecular complexity index is 617. The Morgan fingerprint density at radius 2 is 2.18 bits per heavy atom. The molecule has 0 radical (unpaired) electrons. The third-order valence-electron chi connectivity index (χ3n) is 3.82. The van der Waals surface area contributed by atoms with Crippen LogP contribution in [0.3, 0.4) is 0 Å². The van der Waals surface area contributed by atoms with Crippen molar-refractivity contribution >= 4 is 17.4 Å². The van der Waals surface area contributed by atoms with Gasteiger partial charge < -0.3 is 9.64 Å². The van der Waals surface area contributed by atoms with Gasteiger partial charge in [-0.05, 0) is 56.0 Å². The summed E-state index contributed by atoms with van der Waals surface area (Å²) in [6.07, 6.45) is 4.24. The monoisotopic (exact) mass is 317 g/mol. The van der Waals surface area contributed by atoms with Crippen molar-refractivity contribution in [2.24, 2.45) is 5.92 Å². The van der Waals surface area contributed by atoms with Crippen LogP contribution >= 0.6 is 11.6 Å². The van der Waals surface area contributed by atoms with E-state index in [1.165, 1.54) is 12.8 Å². The highest BCUT2D eigenvalue weighted by Crippen LogP contribution is 2.31. The highest BCUT2D eigenvalue weighted by Gasteiger charge is 2.22. The molecule has 0 N–H and O–H groups in total. The van der Waals surface area contributed by atoms with Crippen LogP contribution in [0.15, 0.2) is 36.5 Å². The molecule has 22 heavy (non-hydrogen) atoms. The van der Waals surface area contributed by atoms with Crippen molar-refractivity contribution in [2.75, 3.05) is 18.1 Å². The van der Waals surface area contributed by atoms with Gasteiger partial charge in [-0.1, -0.05) is 11.6 Å². The lowest BCUT2D eigenvalue weighted by atomic mass is 10.2. The van der Waals surface area contributed by atoms with Gasteiger partial charge in [-0.25, -0.2) is 0 Å². The van der Waals surface area contributed by atoms with Crippen LogP contribution in [0, 0.1) is 5.92 Å². The summed E-state index contributed by atoms with van der Waals surface area (Å²) in [4.78, 5) is 2.16. The second-order valence-corrected chi connectivity index (χ2v) is 6.04. The van der Waals surface area contributed by atoms with Crippen molar-refractivity contribution < 1.29 is 4.74 Å². The maximum absolute atomic E-state index is 6.16. The largest absolute Gasteiger partial charge is 0.493 e. The molecule has 116 valence electrons. The van der Waals surface area contributed by atoms with E-state index in [4.69, 9.17) is 16.3 Å². The lowest BCUT2D eigenvalue weighted by molar-refractivity contribution is 0.296. The molecule has 0 spiro atoms. The number of anilines is 1. The first kappa shape index (κ1) is 15.1. The van der Waals surface area contributed by atoms with Gasteiger partial charge in [-0.2, -0.15) is 5.10 Å². The molecule has 4 nitrogen and oxygen atoms in total. The van der Waals surface area contributed by atoms with Gasteiger partial charge in [0.15, 0.2) is 5.82 Å². The first-order valence-corrected chi connectivity index (χ1v) is 8.08. The Kier molecular flexibility index (Phi) is 4.78. The second kappa shape index (κ2) is 6.97. The van der Waals surface area contributed by atoms with E-state index in [-0.39, 0.29) is 0 Å². The summed E-state index contributed by atoms with van der Waals surface area (Å²) in [7, 11) is 0. The van der Waals surface area contributed by atoms with Crippen LogP contribution in [0.1, 0.15) is 25.3 Å². The molecule has 0 aliphatic heterocycles. The Morgan fingerprint density at radius 1 is 1.32 bits per heavy atom. The van der Waals surface area contributed by atoms with Crippen molar-refractivity contribution in [1.82, 2.24) is 10.2 Å². The number of hydrogen-bond acceptors (Lipinski definition) is 4. The summed E-state index contributed by atoms with van der Waals surface area (Å²) in [6, 6.07) is 9.68. The molecule has 0 saturated heterocycles. The zero-order valence-corrected chi connectivity index (χ0v) is 13.5. The molecule has 1 saturated carbocycles. The van der Waals surface area contributed by atoms with Crippen molar-refractivity contribution in [1.29, 1.82) is 0 Å². The minimum atomic E-state index is 0.704. The fourth-order valence-corrected chi connectivity index (χ4v) is 2.52. The van der Waals surface area contributed by atoms with Gasteiger partial charge in [0.25, 0.3) is 0 Å². The predicted molar refractivity (Wildman–Crippen MR) is 88.4 cm³/mol. The van der Waals surface area contributed by atoms with E-state index in [0.717, 1.165) is 41.2 Å². The number of hydrogen-bond donors (Lipinski definition) is 0. The third kappa shape index (κ3) is 3.89. The minimum Gasteiger partial charge on any atom is -0.493 e. The number of halogens is 1. The van der Waals surface area contributed by atoms with Gasteiger partial charge in [0, 0.05) is 29.9 Å². The normalized spacial score (nSPS) is 13.9. The summed E-state index contributed by atoms with van der Waals surface area (Å²) >= 11 is 6.16. The van der Waals surface area contributed by atoms with Crippen LogP contribution in [0.5, 0.6) is 5.75 Å². The lowest BCUT2D eigenvalue weighted by Gasteiger charge is -2.23. The molecule has 0 unspecified atom stereocenters. The van der Waals surface area contributed by atoms with E-state index in [2.05, 4.69) is 22.0 Å². The van der Waals surface area contributed by atoms with E-state index in [1.54, 1.807) is 6.20 Å². The molecule has 0 atom stereocenters. The molecule has 1 heterocycles. The molecule has 1 aliphatic carbocycles. The Balaban J connectivity index is 1.78. The van der Waals surface area contributed by atoms with E-state index in [1.807, 2.05) is 30.3 Å². The average molecular weight is 318 g/mol. The number of aromatic nitrogens is 2. The SMILES string of the molecule is CCN(Cc1cc(Cl)ccc1OCC1CC1)c1cccnn1. The number of ether oxygens (including phenoxy) is 1. The van der Waals surface area contributed by atoms with Crippen molar-refractivity contribution in [2.45, 2.75) is 26.3 Å². The summed E-state index contributed by atoms with van der Waals surface area (Å²) in [5.74, 6) is 2.50. The minimum absolute atomic E-state index is 0.704. The zero-order chi connectivity index (χ0) is 15.4. The van der Waals surface area contributed by atoms with Gasteiger partial charge in [-0.3, -0.25) is 0 Å². The first-order chi connectivity index (χ1) is 10.8. The van der Waals surface area contributed by atoms with Gasteiger partial charge in [0.05, 0.1) is 6.61 Å². The van der Waals surface area contributed by atoms with Crippen LogP contribution in [0.4, 0.5) is 5.82 Å². The highest BCUT2D eigenvalue weighted by atomic mass is 35.5. The average Bonchev–Trinajstić information content (AvgIpc) is 3.37. The molecule has 1 fully saturated rings. The summed E-state index contributed by atoms with van der Waals surface area (Å²) < 4.78 is 5.98. The standard InChI is InChI=1S/C17H20ClN3O/c1-2-21(17-4-3-9-19-20-17)11-14-10-15(18)7-8-16(14)22-12-13-5-6-13/h3-4,7-10,13H,2,5-6,11-12H2,1H3. The van der Waals surface area contributed by atoms with E-state index < -0.39 is 0 Å². The van der Waals surface area contributed by atoms with Crippen molar-refractivity contribution in [3.63, 3.8) is 0 Å². The molecule has 0 bridgehead atoms. The Labute approximate surface area is 136 Å². The zero-order valence-electron chi connectivity index (χ0n) is 12.7. The summed E-state index contributed by atoms with van der Waals surface area (Å²) in [5.41, 5.74) is 1.08. The molecular formula is C17H20ClN3O. The Hall–Kier alpha value is -1.81. The van der Waals surface area contributed by atoms with Gasteiger partial charge in [0.1, 0.15) is 5.75 Å². The first-order valence-electron chi connectivity index (χ1n) is 7.70. The maximum atomic E-state index is 6.16. The van der Waals surface area contributed by atoms with Crippen molar-refractivity contribution in [3.05, 3.63) is 47.1 Å². The predicted octanol–water partition coefficient (Wildman–Crippen LogP) is 3.95. The topological polar surface area (TPSA) is 38.2 Å². The van der Waals surface area contributed by atoms with E-state index in [9.17, 15) is 0 Å². The molecule has 3 rings (SSSR count). The third-order valence-corrected chi connectivity index (χ3v) is 4.05. The fourth-order valence-electron chi connectivity index (χ4n) is 2.33. The van der Waals surface area contributed by atoms with E-state index in [0.29, 0.717) is 6.54 Å². The van der Waals surface area contributed by atoms with Crippen LogP contribution in [-0.2, 0) is 6.54 Å². The van der Waals surface area contributed by atoms with E-state index >= 15 is 0 Å². The molecule has 1 aliphatic rings. The number of benzene rings is 1. The number of rotatable bonds is 7. The number of nitrogens with zero attached hydrogens (tertiary/aromatic N) is 3. The smallest absolute Gasteiger partial charge is 0.151 e. The van der Waals surface area contributed by atoms with Crippen LogP contribution in [0.25, 0.3) is 0 Å². The Morgan fingerprint density at radius 3 is 2.86 bits per heavy atom. The molecule has 2 aromatic rings. The molecule has 0 amide bonds. The second-order valence-electron chi connectivity index (χ2n) is 5.60. The van der Waals surface area contributed by atoms with Gasteiger partial charge in [-0.15, -0.1) is 5.10 Å². The molecular weight excluding hydrogens is 298 g/mol. The van der Waals surface area contributed by atoms with Crippen molar-refractivity contribution in [3.8, 4) is 5.75 Å². The quantitative estimate of drug-likeness (QED) is 0.775. The maximum Gasteiger partial charge on any atom is 0.151 e. The lowest BCUT2D eigenvalue weighted by Crippen LogP contribution is -2.23. The van der Waals surface area contributed by atoms with Crippen LogP contribution < -0.4 is 9.64 Å². The summed E-state index contributed by atoms with van der Waals surface area (Å²) in [5, 5.41) is 8.86. The van der Waals surface area contributed by atoms with Gasteiger partial charge >= 0.3 is 0 Å². The van der Waals surface area contributed by atoms with Gasteiger partial charge in [0.2, 0.25) is 0 Å². The summed E-state index contributed by atoms with van der Waals surface area (Å²) in [6.45, 7) is 4.44. The fraction of sp³-hybridized carbons (Fsp3) is 0.412. The molecule has 5 heteroatoms. The molecule has 1 aromatic heterocycles. The highest BCUT2D eigenvalue weighted by molar-refractivity contribution is 6.30. The van der Waals surface area contributed by atoms with Crippen LogP contribution in [-0.4, -0.2) is 23.3 Å².